The molecule has 0 saturated carbocycles. The van der Waals surface area contributed by atoms with Gasteiger partial charge in [-0.05, 0) is 24.6 Å². The van der Waals surface area contributed by atoms with Gasteiger partial charge >= 0.3 is 0 Å². The molecule has 0 aliphatic carbocycles. The molecule has 0 radical (unpaired) electrons. The Balaban J connectivity index is 1.96. The molecule has 0 fully saturated rings. The highest BCUT2D eigenvalue weighted by Crippen LogP contribution is 2.17. The maximum atomic E-state index is 10.7. The number of aryl methyl sites for hydroxylation is 1. The summed E-state index contributed by atoms with van der Waals surface area (Å²) in [5.41, 5.74) is 1.67. The number of carbonyl (C=O) groups excluding carboxylic acids is 1. The van der Waals surface area contributed by atoms with Crippen LogP contribution >= 0.6 is 0 Å². The number of rotatable bonds is 3. The summed E-state index contributed by atoms with van der Waals surface area (Å²) < 4.78 is 1.57. The van der Waals surface area contributed by atoms with E-state index < -0.39 is 5.97 Å². The maximum Gasteiger partial charge on any atom is 0.254 e. The van der Waals surface area contributed by atoms with Crippen molar-refractivity contribution in [1.29, 1.82) is 0 Å². The second kappa shape index (κ2) is 4.61. The van der Waals surface area contributed by atoms with E-state index in [-0.39, 0.29) is 5.56 Å². The molecule has 0 amide bonds. The van der Waals surface area contributed by atoms with Gasteiger partial charge in [0.1, 0.15) is 12.1 Å². The zero-order chi connectivity index (χ0) is 14.1. The molecule has 0 aliphatic heterocycles. The monoisotopic (exact) mass is 268 g/mol. The first kappa shape index (κ1) is 12.1. The Morgan fingerprint density at radius 3 is 2.75 bits per heavy atom. The molecule has 0 bridgehead atoms. The van der Waals surface area contributed by atoms with E-state index in [9.17, 15) is 9.90 Å². The number of hydrogen-bond acceptors (Lipinski definition) is 6. The molecule has 3 aromatic rings. The summed E-state index contributed by atoms with van der Waals surface area (Å²) in [5.74, 6) is 0.0000262. The van der Waals surface area contributed by atoms with Crippen molar-refractivity contribution in [1.82, 2.24) is 19.6 Å². The molecule has 0 atom stereocenters. The van der Waals surface area contributed by atoms with E-state index in [0.717, 1.165) is 11.4 Å². The number of anilines is 2. The molecule has 1 N–H and O–H groups in total. The molecule has 2 heterocycles. The number of aromatic nitrogens is 4. The van der Waals surface area contributed by atoms with Crippen LogP contribution in [0.25, 0.3) is 5.78 Å². The standard InChI is InChI=1S/C13H11N5O2/c1-8-6-11(18-13(16-8)14-7-15-18)17-10-4-2-9(3-5-10)12(19)20/h2-7,17H,1H3,(H,19,20)/p-1. The van der Waals surface area contributed by atoms with Crippen LogP contribution in [0.4, 0.5) is 11.5 Å². The summed E-state index contributed by atoms with van der Waals surface area (Å²) >= 11 is 0. The third-order valence-electron chi connectivity index (χ3n) is 2.77. The Labute approximate surface area is 113 Å². The molecule has 1 aromatic carbocycles. The normalized spacial score (nSPS) is 10.7. The Bertz CT molecular complexity index is 779. The van der Waals surface area contributed by atoms with E-state index in [1.54, 1.807) is 16.6 Å². The first-order valence-corrected chi connectivity index (χ1v) is 5.89. The van der Waals surface area contributed by atoms with E-state index in [1.807, 2.05) is 13.0 Å². The summed E-state index contributed by atoms with van der Waals surface area (Å²) in [7, 11) is 0. The number of fused-ring (bicyclic) bond motifs is 1. The van der Waals surface area contributed by atoms with Crippen LogP contribution in [0.3, 0.4) is 0 Å². The predicted octanol–water partition coefficient (Wildman–Crippen LogP) is 0.540. The van der Waals surface area contributed by atoms with Gasteiger partial charge in [0.2, 0.25) is 0 Å². The van der Waals surface area contributed by atoms with Crippen LogP contribution in [0.5, 0.6) is 0 Å². The fourth-order valence-corrected chi connectivity index (χ4v) is 1.86. The van der Waals surface area contributed by atoms with Crippen LogP contribution in [-0.2, 0) is 0 Å². The Morgan fingerprint density at radius 1 is 1.30 bits per heavy atom. The average molecular weight is 268 g/mol. The lowest BCUT2D eigenvalue weighted by Gasteiger charge is -2.09. The molecule has 3 rings (SSSR count). The lowest BCUT2D eigenvalue weighted by Crippen LogP contribution is -2.21. The number of nitrogens with one attached hydrogen (secondary N) is 1. The Morgan fingerprint density at radius 2 is 2.05 bits per heavy atom. The second-order valence-electron chi connectivity index (χ2n) is 4.24. The van der Waals surface area contributed by atoms with Crippen LogP contribution in [0.15, 0.2) is 36.7 Å². The van der Waals surface area contributed by atoms with Crippen LogP contribution in [0, 0.1) is 6.92 Å². The van der Waals surface area contributed by atoms with Gasteiger partial charge in [0.15, 0.2) is 0 Å². The summed E-state index contributed by atoms with van der Waals surface area (Å²) in [6.45, 7) is 1.86. The van der Waals surface area contributed by atoms with Gasteiger partial charge in [-0.2, -0.15) is 14.6 Å². The minimum Gasteiger partial charge on any atom is -0.545 e. The van der Waals surface area contributed by atoms with Crippen molar-refractivity contribution < 1.29 is 9.90 Å². The van der Waals surface area contributed by atoms with Gasteiger partial charge in [-0.3, -0.25) is 0 Å². The fraction of sp³-hybridized carbons (Fsp3) is 0.0769. The van der Waals surface area contributed by atoms with Gasteiger partial charge in [-0.15, -0.1) is 0 Å². The molecular formula is C13H10N5O2-. The van der Waals surface area contributed by atoms with Crippen molar-refractivity contribution in [3.8, 4) is 0 Å². The van der Waals surface area contributed by atoms with E-state index in [2.05, 4.69) is 20.4 Å². The molecular weight excluding hydrogens is 258 g/mol. The Hall–Kier alpha value is -2.96. The topological polar surface area (TPSA) is 95.2 Å². The molecule has 0 aliphatic rings. The molecule has 0 saturated heterocycles. The van der Waals surface area contributed by atoms with Gasteiger partial charge in [0.05, 0.1) is 5.97 Å². The second-order valence-corrected chi connectivity index (χ2v) is 4.24. The van der Waals surface area contributed by atoms with Gasteiger partial charge in [-0.25, -0.2) is 4.98 Å². The minimum absolute atomic E-state index is 0.132. The predicted molar refractivity (Wildman–Crippen MR) is 69.6 cm³/mol. The summed E-state index contributed by atoms with van der Waals surface area (Å²) in [6, 6.07) is 8.09. The van der Waals surface area contributed by atoms with Gasteiger partial charge in [-0.1, -0.05) is 12.1 Å². The van der Waals surface area contributed by atoms with Crippen molar-refractivity contribution >= 4 is 23.3 Å². The van der Waals surface area contributed by atoms with E-state index in [0.29, 0.717) is 11.6 Å². The van der Waals surface area contributed by atoms with Crippen LogP contribution in [0.2, 0.25) is 0 Å². The number of aromatic carboxylic acids is 1. The van der Waals surface area contributed by atoms with Crippen LogP contribution < -0.4 is 10.4 Å². The van der Waals surface area contributed by atoms with Crippen molar-refractivity contribution in [2.24, 2.45) is 0 Å². The lowest BCUT2D eigenvalue weighted by atomic mass is 10.2. The highest BCUT2D eigenvalue weighted by atomic mass is 16.4. The summed E-state index contributed by atoms with van der Waals surface area (Å²) in [5, 5.41) is 17.9. The lowest BCUT2D eigenvalue weighted by molar-refractivity contribution is -0.255. The van der Waals surface area contributed by atoms with Crippen molar-refractivity contribution in [3.63, 3.8) is 0 Å². The van der Waals surface area contributed by atoms with Crippen LogP contribution in [-0.4, -0.2) is 25.6 Å². The SMILES string of the molecule is Cc1cc(Nc2ccc(C(=O)[O-])cc2)n2ncnc2n1. The number of carbonyl (C=O) groups is 1. The number of nitrogens with zero attached hydrogens (tertiary/aromatic N) is 4. The van der Waals surface area contributed by atoms with Crippen LogP contribution in [0.1, 0.15) is 16.1 Å². The number of benzene rings is 1. The summed E-state index contributed by atoms with van der Waals surface area (Å²) in [4.78, 5) is 19.0. The quantitative estimate of drug-likeness (QED) is 0.745. The molecule has 0 spiro atoms. The number of carboxylic acids is 1. The zero-order valence-corrected chi connectivity index (χ0v) is 10.6. The van der Waals surface area contributed by atoms with E-state index in [1.165, 1.54) is 18.5 Å². The van der Waals surface area contributed by atoms with Crippen molar-refractivity contribution in [2.75, 3.05) is 5.32 Å². The number of carboxylic acid groups (broad SMARTS) is 1. The van der Waals surface area contributed by atoms with Crippen molar-refractivity contribution in [3.05, 3.63) is 47.9 Å². The molecule has 100 valence electrons. The Kier molecular flexibility index (Phi) is 2.79. The number of hydrogen-bond donors (Lipinski definition) is 1. The molecule has 2 aromatic heterocycles. The molecule has 0 unspecified atom stereocenters. The third-order valence-corrected chi connectivity index (χ3v) is 2.77. The third kappa shape index (κ3) is 2.16. The maximum absolute atomic E-state index is 10.7. The molecule has 20 heavy (non-hydrogen) atoms. The smallest absolute Gasteiger partial charge is 0.254 e. The first-order valence-electron chi connectivity index (χ1n) is 5.89. The largest absolute Gasteiger partial charge is 0.545 e. The first-order chi connectivity index (χ1) is 9.63. The van der Waals surface area contributed by atoms with E-state index >= 15 is 0 Å². The molecule has 7 heteroatoms. The van der Waals surface area contributed by atoms with Gasteiger partial charge < -0.3 is 15.2 Å². The summed E-state index contributed by atoms with van der Waals surface area (Å²) in [6.07, 6.45) is 1.42. The highest BCUT2D eigenvalue weighted by Gasteiger charge is 2.05. The molecule has 7 nitrogen and oxygen atoms in total. The van der Waals surface area contributed by atoms with Gasteiger partial charge in [0, 0.05) is 17.4 Å². The fourth-order valence-electron chi connectivity index (χ4n) is 1.86. The van der Waals surface area contributed by atoms with Crippen molar-refractivity contribution in [2.45, 2.75) is 6.92 Å². The highest BCUT2D eigenvalue weighted by molar-refractivity contribution is 5.86. The van der Waals surface area contributed by atoms with E-state index in [4.69, 9.17) is 0 Å². The minimum atomic E-state index is -1.20. The average Bonchev–Trinajstić information content (AvgIpc) is 2.87. The van der Waals surface area contributed by atoms with Gasteiger partial charge in [0.25, 0.3) is 5.78 Å². The zero-order valence-electron chi connectivity index (χ0n) is 10.6.